The summed E-state index contributed by atoms with van der Waals surface area (Å²) in [6, 6.07) is 0. The Balaban J connectivity index is 3.39. The van der Waals surface area contributed by atoms with E-state index in [2.05, 4.69) is 45.7 Å². The highest BCUT2D eigenvalue weighted by molar-refractivity contribution is 9.09. The van der Waals surface area contributed by atoms with E-state index in [9.17, 15) is 0 Å². The van der Waals surface area contributed by atoms with Gasteiger partial charge < -0.3 is 0 Å². The van der Waals surface area contributed by atoms with Crippen LogP contribution in [0.2, 0.25) is 0 Å². The lowest BCUT2D eigenvalue weighted by atomic mass is 9.95. The van der Waals surface area contributed by atoms with Gasteiger partial charge in [0.25, 0.3) is 0 Å². The fourth-order valence-corrected chi connectivity index (χ4v) is 1.97. The van der Waals surface area contributed by atoms with Crippen molar-refractivity contribution < 1.29 is 0 Å². The smallest absolute Gasteiger partial charge is 0.0117 e. The van der Waals surface area contributed by atoms with Crippen molar-refractivity contribution in [1.29, 1.82) is 0 Å². The SMILES string of the molecule is CCC(CCCBr)CCC(C)Br. The summed E-state index contributed by atoms with van der Waals surface area (Å²) in [6.45, 7) is 4.54. The monoisotopic (exact) mass is 298 g/mol. The number of halogens is 2. The average Bonchev–Trinajstić information content (AvgIpc) is 2.05. The van der Waals surface area contributed by atoms with Crippen LogP contribution in [0.25, 0.3) is 0 Å². The Morgan fingerprint density at radius 1 is 1.17 bits per heavy atom. The molecule has 0 aromatic heterocycles. The highest BCUT2D eigenvalue weighted by atomic mass is 79.9. The Kier molecular flexibility index (Phi) is 9.24. The van der Waals surface area contributed by atoms with E-state index < -0.39 is 0 Å². The van der Waals surface area contributed by atoms with Gasteiger partial charge in [0.1, 0.15) is 0 Å². The summed E-state index contributed by atoms with van der Waals surface area (Å²) in [7, 11) is 0. The number of rotatable bonds is 7. The summed E-state index contributed by atoms with van der Waals surface area (Å²) in [5, 5.41) is 1.16. The minimum Gasteiger partial charge on any atom is -0.0928 e. The van der Waals surface area contributed by atoms with Gasteiger partial charge in [-0.1, -0.05) is 52.1 Å². The van der Waals surface area contributed by atoms with Crippen LogP contribution < -0.4 is 0 Å². The van der Waals surface area contributed by atoms with E-state index in [-0.39, 0.29) is 0 Å². The predicted octanol–water partition coefficient (Wildman–Crippen LogP) is 4.75. The van der Waals surface area contributed by atoms with Crippen molar-refractivity contribution in [3.05, 3.63) is 0 Å². The first-order chi connectivity index (χ1) is 5.70. The van der Waals surface area contributed by atoms with Crippen molar-refractivity contribution in [2.75, 3.05) is 5.33 Å². The summed E-state index contributed by atoms with van der Waals surface area (Å²) in [5.74, 6) is 0.947. The second-order valence-corrected chi connectivity index (χ2v) is 5.82. The maximum atomic E-state index is 3.59. The van der Waals surface area contributed by atoms with E-state index in [4.69, 9.17) is 0 Å². The molecule has 0 radical (unpaired) electrons. The van der Waals surface area contributed by atoms with Crippen molar-refractivity contribution in [3.63, 3.8) is 0 Å². The van der Waals surface area contributed by atoms with Crippen molar-refractivity contribution in [1.82, 2.24) is 0 Å². The van der Waals surface area contributed by atoms with Crippen LogP contribution in [0.1, 0.15) is 46.0 Å². The van der Waals surface area contributed by atoms with Crippen molar-refractivity contribution in [3.8, 4) is 0 Å². The highest BCUT2D eigenvalue weighted by Gasteiger charge is 2.06. The van der Waals surface area contributed by atoms with Crippen LogP contribution in [0.5, 0.6) is 0 Å². The third-order valence-electron chi connectivity index (χ3n) is 2.30. The van der Waals surface area contributed by atoms with Crippen LogP contribution in [-0.4, -0.2) is 10.2 Å². The highest BCUT2D eigenvalue weighted by Crippen LogP contribution is 2.20. The molecule has 0 aliphatic carbocycles. The number of alkyl halides is 2. The van der Waals surface area contributed by atoms with Gasteiger partial charge >= 0.3 is 0 Å². The summed E-state index contributed by atoms with van der Waals surface area (Å²) >= 11 is 7.07. The van der Waals surface area contributed by atoms with E-state index in [0.29, 0.717) is 4.83 Å². The Bertz CT molecular complexity index is 91.8. The van der Waals surface area contributed by atoms with E-state index in [1.54, 1.807) is 0 Å². The molecule has 2 heteroatoms. The maximum absolute atomic E-state index is 3.59. The molecule has 0 rings (SSSR count). The lowest BCUT2D eigenvalue weighted by molar-refractivity contribution is 0.422. The van der Waals surface area contributed by atoms with Gasteiger partial charge in [-0.2, -0.15) is 0 Å². The summed E-state index contributed by atoms with van der Waals surface area (Å²) in [4.78, 5) is 0.690. The lowest BCUT2D eigenvalue weighted by Gasteiger charge is -2.14. The topological polar surface area (TPSA) is 0 Å². The van der Waals surface area contributed by atoms with E-state index >= 15 is 0 Å². The molecule has 2 unspecified atom stereocenters. The Morgan fingerprint density at radius 3 is 2.25 bits per heavy atom. The molecule has 0 aliphatic heterocycles. The summed E-state index contributed by atoms with van der Waals surface area (Å²) in [5.41, 5.74) is 0. The molecule has 0 saturated heterocycles. The standard InChI is InChI=1S/C10H20Br2/c1-3-10(5-4-8-11)7-6-9(2)12/h9-10H,3-8H2,1-2H3. The molecule has 0 N–H and O–H groups in total. The van der Waals surface area contributed by atoms with Crippen molar-refractivity contribution in [2.45, 2.75) is 50.8 Å². The second-order valence-electron chi connectivity index (χ2n) is 3.46. The van der Waals surface area contributed by atoms with Crippen LogP contribution in [0, 0.1) is 5.92 Å². The second kappa shape index (κ2) is 8.55. The van der Waals surface area contributed by atoms with Crippen LogP contribution >= 0.6 is 31.9 Å². The lowest BCUT2D eigenvalue weighted by Crippen LogP contribution is -2.02. The third-order valence-corrected chi connectivity index (χ3v) is 3.31. The first-order valence-corrected chi connectivity index (χ1v) is 6.94. The first kappa shape index (κ1) is 13.0. The Morgan fingerprint density at radius 2 is 1.83 bits per heavy atom. The molecule has 0 nitrogen and oxygen atoms in total. The zero-order chi connectivity index (χ0) is 9.40. The van der Waals surface area contributed by atoms with Crippen LogP contribution in [0.15, 0.2) is 0 Å². The zero-order valence-corrected chi connectivity index (χ0v) is 11.3. The molecule has 0 heterocycles. The van der Waals surface area contributed by atoms with Gasteiger partial charge in [0.2, 0.25) is 0 Å². The number of hydrogen-bond donors (Lipinski definition) is 0. The average molecular weight is 300 g/mol. The summed E-state index contributed by atoms with van der Waals surface area (Å²) < 4.78 is 0. The van der Waals surface area contributed by atoms with Gasteiger partial charge in [-0.25, -0.2) is 0 Å². The van der Waals surface area contributed by atoms with Gasteiger partial charge in [-0.05, 0) is 31.6 Å². The first-order valence-electron chi connectivity index (χ1n) is 4.90. The molecule has 0 aromatic carbocycles. The molecule has 0 saturated carbocycles. The molecular formula is C10H20Br2. The molecule has 12 heavy (non-hydrogen) atoms. The van der Waals surface area contributed by atoms with Gasteiger partial charge in [0, 0.05) is 10.2 Å². The van der Waals surface area contributed by atoms with E-state index in [0.717, 1.165) is 11.2 Å². The van der Waals surface area contributed by atoms with Gasteiger partial charge in [0.15, 0.2) is 0 Å². The molecule has 0 aliphatic rings. The molecule has 0 bridgehead atoms. The van der Waals surface area contributed by atoms with Crippen molar-refractivity contribution in [2.24, 2.45) is 5.92 Å². The Hall–Kier alpha value is 0.960. The predicted molar refractivity (Wildman–Crippen MR) is 64.4 cm³/mol. The van der Waals surface area contributed by atoms with Crippen LogP contribution in [-0.2, 0) is 0 Å². The number of hydrogen-bond acceptors (Lipinski definition) is 0. The molecular weight excluding hydrogens is 280 g/mol. The molecule has 0 fully saturated rings. The van der Waals surface area contributed by atoms with Gasteiger partial charge in [-0.3, -0.25) is 0 Å². The fraction of sp³-hybridized carbons (Fsp3) is 1.00. The van der Waals surface area contributed by atoms with E-state index in [1.165, 1.54) is 32.1 Å². The molecule has 0 amide bonds. The molecule has 0 aromatic rings. The zero-order valence-electron chi connectivity index (χ0n) is 8.15. The maximum Gasteiger partial charge on any atom is 0.0117 e. The molecule has 0 spiro atoms. The van der Waals surface area contributed by atoms with Crippen LogP contribution in [0.3, 0.4) is 0 Å². The summed E-state index contributed by atoms with van der Waals surface area (Å²) in [6.07, 6.45) is 6.76. The van der Waals surface area contributed by atoms with Crippen LogP contribution in [0.4, 0.5) is 0 Å². The quantitative estimate of drug-likeness (QED) is 0.595. The minimum absolute atomic E-state index is 0.690. The Labute approximate surface area is 93.8 Å². The third kappa shape index (κ3) is 7.60. The van der Waals surface area contributed by atoms with Gasteiger partial charge in [0.05, 0.1) is 0 Å². The van der Waals surface area contributed by atoms with Gasteiger partial charge in [-0.15, -0.1) is 0 Å². The largest absolute Gasteiger partial charge is 0.0928 e. The van der Waals surface area contributed by atoms with Crippen molar-refractivity contribution >= 4 is 31.9 Å². The normalized spacial score (nSPS) is 16.0. The fourth-order valence-electron chi connectivity index (χ4n) is 1.38. The molecule has 2 atom stereocenters. The van der Waals surface area contributed by atoms with E-state index in [1.807, 2.05) is 0 Å². The minimum atomic E-state index is 0.690. The molecule has 74 valence electrons.